The number of fused-ring (bicyclic) bond motifs is 1. The van der Waals surface area contributed by atoms with Crippen LogP contribution in [0.4, 0.5) is 11.5 Å². The molecule has 8 heteroatoms. The van der Waals surface area contributed by atoms with Crippen molar-refractivity contribution >= 4 is 28.2 Å². The number of hydrogen-bond acceptors (Lipinski definition) is 7. The summed E-state index contributed by atoms with van der Waals surface area (Å²) in [7, 11) is 0. The normalized spacial score (nSPS) is 19.6. The van der Waals surface area contributed by atoms with Crippen LogP contribution in [0.1, 0.15) is 42.5 Å². The fourth-order valence-corrected chi connectivity index (χ4v) is 6.29. The first-order valence-electron chi connectivity index (χ1n) is 15.0. The predicted octanol–water partition coefficient (Wildman–Crippen LogP) is 4.65. The number of morpholine rings is 1. The molecule has 4 heterocycles. The Bertz CT molecular complexity index is 1280. The predicted molar refractivity (Wildman–Crippen MR) is 160 cm³/mol. The van der Waals surface area contributed by atoms with Crippen molar-refractivity contribution in [1.29, 1.82) is 0 Å². The molecule has 0 spiro atoms. The number of carbonyl (C=O) groups is 1. The molecule has 8 nitrogen and oxygen atoms in total. The number of aromatic nitrogens is 1. The van der Waals surface area contributed by atoms with Crippen LogP contribution in [0.3, 0.4) is 0 Å². The van der Waals surface area contributed by atoms with Gasteiger partial charge in [-0.1, -0.05) is 30.7 Å². The highest BCUT2D eigenvalue weighted by atomic mass is 16.5. The maximum absolute atomic E-state index is 13.4. The summed E-state index contributed by atoms with van der Waals surface area (Å²) in [5.74, 6) is 1.60. The van der Waals surface area contributed by atoms with Gasteiger partial charge in [0.1, 0.15) is 18.2 Å². The zero-order valence-electron chi connectivity index (χ0n) is 23.4. The molecule has 1 aromatic heterocycles. The summed E-state index contributed by atoms with van der Waals surface area (Å²) in [4.78, 5) is 25.4. The molecule has 0 saturated carbocycles. The fraction of sp³-hybridized carbons (Fsp3) is 0.500. The molecule has 3 fully saturated rings. The summed E-state index contributed by atoms with van der Waals surface area (Å²) in [6.45, 7) is 9.41. The van der Waals surface area contributed by atoms with E-state index in [1.807, 2.05) is 42.5 Å². The van der Waals surface area contributed by atoms with E-state index in [2.05, 4.69) is 25.0 Å². The highest BCUT2D eigenvalue weighted by Crippen LogP contribution is 2.32. The van der Waals surface area contributed by atoms with Gasteiger partial charge in [0.25, 0.3) is 5.91 Å². The van der Waals surface area contributed by atoms with E-state index in [1.165, 1.54) is 32.4 Å². The van der Waals surface area contributed by atoms with Crippen molar-refractivity contribution in [2.45, 2.75) is 38.1 Å². The zero-order valence-corrected chi connectivity index (χ0v) is 23.4. The first kappa shape index (κ1) is 27.0. The van der Waals surface area contributed by atoms with Crippen molar-refractivity contribution in [1.82, 2.24) is 14.8 Å². The summed E-state index contributed by atoms with van der Waals surface area (Å²) in [5.41, 5.74) is 1.40. The number of nitrogens with zero attached hydrogens (tertiary/aromatic N) is 4. The van der Waals surface area contributed by atoms with Crippen LogP contribution in [0.25, 0.3) is 10.8 Å². The van der Waals surface area contributed by atoms with Crippen molar-refractivity contribution in [3.63, 3.8) is 0 Å². The van der Waals surface area contributed by atoms with Crippen molar-refractivity contribution < 1.29 is 14.3 Å². The number of benzene rings is 2. The van der Waals surface area contributed by atoms with Crippen molar-refractivity contribution in [2.75, 3.05) is 75.9 Å². The Morgan fingerprint density at radius 3 is 2.50 bits per heavy atom. The van der Waals surface area contributed by atoms with Crippen LogP contribution in [0.15, 0.2) is 54.7 Å². The molecular formula is C32H41N5O3. The van der Waals surface area contributed by atoms with E-state index in [-0.39, 0.29) is 5.91 Å². The number of ether oxygens (including phenoxy) is 2. The molecule has 0 radical (unpaired) electrons. The van der Waals surface area contributed by atoms with Gasteiger partial charge in [0.2, 0.25) is 0 Å². The molecule has 3 aromatic rings. The molecule has 0 atom stereocenters. The average molecular weight is 544 g/mol. The highest BCUT2D eigenvalue weighted by molar-refractivity contribution is 6.10. The number of nitrogens with one attached hydrogen (secondary N) is 1. The third-order valence-electron chi connectivity index (χ3n) is 8.60. The van der Waals surface area contributed by atoms with Gasteiger partial charge in [-0.05, 0) is 63.0 Å². The second-order valence-electron chi connectivity index (χ2n) is 11.1. The quantitative estimate of drug-likeness (QED) is 0.443. The third kappa shape index (κ3) is 6.40. The van der Waals surface area contributed by atoms with Gasteiger partial charge in [-0.15, -0.1) is 0 Å². The second-order valence-corrected chi connectivity index (χ2v) is 11.1. The smallest absolute Gasteiger partial charge is 0.255 e. The van der Waals surface area contributed by atoms with Crippen LogP contribution in [-0.4, -0.2) is 92.4 Å². The molecular weight excluding hydrogens is 502 g/mol. The molecule has 0 unspecified atom stereocenters. The molecule has 3 aliphatic rings. The number of amides is 1. The standard InChI is InChI=1S/C32H41N5O3/c38-32(25-10-13-33-31(24-25)37-16-11-26(12-17-37)36-14-4-1-5-15-36)34-29-8-9-30(28-7-3-2-6-27(28)29)40-23-20-35-18-21-39-22-19-35/h2-3,6-10,13,24,26H,1,4-5,11-12,14-23H2,(H,34,38). The van der Waals surface area contributed by atoms with Gasteiger partial charge in [0.05, 0.1) is 13.2 Å². The summed E-state index contributed by atoms with van der Waals surface area (Å²) in [6.07, 6.45) is 8.11. The lowest BCUT2D eigenvalue weighted by atomic mass is 10.00. The lowest BCUT2D eigenvalue weighted by Gasteiger charge is -2.40. The minimum Gasteiger partial charge on any atom is -0.492 e. The summed E-state index contributed by atoms with van der Waals surface area (Å²) < 4.78 is 11.6. The van der Waals surface area contributed by atoms with Crippen molar-refractivity contribution in [3.8, 4) is 5.75 Å². The Kier molecular flexibility index (Phi) is 8.76. The Hall–Kier alpha value is -3.20. The first-order valence-corrected chi connectivity index (χ1v) is 15.0. The monoisotopic (exact) mass is 543 g/mol. The maximum Gasteiger partial charge on any atom is 0.255 e. The molecule has 212 valence electrons. The summed E-state index contributed by atoms with van der Waals surface area (Å²) in [5, 5.41) is 5.11. The van der Waals surface area contributed by atoms with E-state index >= 15 is 0 Å². The van der Waals surface area contributed by atoms with Crippen molar-refractivity contribution in [3.05, 3.63) is 60.3 Å². The van der Waals surface area contributed by atoms with E-state index in [0.717, 1.165) is 86.8 Å². The van der Waals surface area contributed by atoms with E-state index < -0.39 is 0 Å². The number of hydrogen-bond donors (Lipinski definition) is 1. The van der Waals surface area contributed by atoms with Gasteiger partial charge >= 0.3 is 0 Å². The lowest BCUT2D eigenvalue weighted by molar-refractivity contribution is 0.0323. The van der Waals surface area contributed by atoms with Gasteiger partial charge in [0, 0.05) is 67.0 Å². The van der Waals surface area contributed by atoms with E-state index in [0.29, 0.717) is 18.2 Å². The van der Waals surface area contributed by atoms with Crippen LogP contribution >= 0.6 is 0 Å². The lowest BCUT2D eigenvalue weighted by Crippen LogP contribution is -2.47. The van der Waals surface area contributed by atoms with E-state index in [1.54, 1.807) is 12.3 Å². The number of pyridine rings is 1. The minimum absolute atomic E-state index is 0.127. The number of rotatable bonds is 8. The van der Waals surface area contributed by atoms with E-state index in [9.17, 15) is 4.79 Å². The summed E-state index contributed by atoms with van der Waals surface area (Å²) in [6, 6.07) is 16.4. The van der Waals surface area contributed by atoms with Gasteiger partial charge < -0.3 is 24.6 Å². The van der Waals surface area contributed by atoms with Crippen LogP contribution in [-0.2, 0) is 4.74 Å². The fourth-order valence-electron chi connectivity index (χ4n) is 6.29. The first-order chi connectivity index (χ1) is 19.7. The number of anilines is 2. The Morgan fingerprint density at radius 1 is 0.925 bits per heavy atom. The Morgan fingerprint density at radius 2 is 1.70 bits per heavy atom. The Balaban J connectivity index is 1.09. The van der Waals surface area contributed by atoms with Crippen LogP contribution in [0, 0.1) is 0 Å². The number of carbonyl (C=O) groups excluding carboxylic acids is 1. The molecule has 2 aromatic carbocycles. The Labute approximate surface area is 237 Å². The molecule has 3 saturated heterocycles. The molecule has 0 aliphatic carbocycles. The van der Waals surface area contributed by atoms with Gasteiger partial charge in [0.15, 0.2) is 0 Å². The largest absolute Gasteiger partial charge is 0.492 e. The molecule has 0 bridgehead atoms. The zero-order chi connectivity index (χ0) is 27.1. The maximum atomic E-state index is 13.4. The third-order valence-corrected chi connectivity index (χ3v) is 8.60. The second kappa shape index (κ2) is 13.0. The number of piperidine rings is 2. The molecule has 1 amide bonds. The summed E-state index contributed by atoms with van der Waals surface area (Å²) >= 11 is 0. The molecule has 6 rings (SSSR count). The van der Waals surface area contributed by atoms with Gasteiger partial charge in [-0.25, -0.2) is 4.98 Å². The molecule has 40 heavy (non-hydrogen) atoms. The van der Waals surface area contributed by atoms with E-state index in [4.69, 9.17) is 9.47 Å². The van der Waals surface area contributed by atoms with Gasteiger partial charge in [-0.2, -0.15) is 0 Å². The van der Waals surface area contributed by atoms with Crippen LogP contribution < -0.4 is 15.0 Å². The average Bonchev–Trinajstić information content (AvgIpc) is 3.03. The highest BCUT2D eigenvalue weighted by Gasteiger charge is 2.26. The minimum atomic E-state index is -0.127. The molecule has 3 aliphatic heterocycles. The number of likely N-dealkylation sites (tertiary alicyclic amines) is 1. The van der Waals surface area contributed by atoms with Crippen LogP contribution in [0.5, 0.6) is 5.75 Å². The molecule has 1 N–H and O–H groups in total. The SMILES string of the molecule is O=C(Nc1ccc(OCCN2CCOCC2)c2ccccc12)c1ccnc(N2CCC(N3CCCCC3)CC2)c1. The van der Waals surface area contributed by atoms with Crippen molar-refractivity contribution in [2.24, 2.45) is 0 Å². The topological polar surface area (TPSA) is 70.2 Å². The van der Waals surface area contributed by atoms with Gasteiger partial charge in [-0.3, -0.25) is 9.69 Å². The van der Waals surface area contributed by atoms with Crippen LogP contribution in [0.2, 0.25) is 0 Å².